The minimum Gasteiger partial charge on any atom is -0.469 e. The van der Waals surface area contributed by atoms with Gasteiger partial charge < -0.3 is 24.0 Å². The lowest BCUT2D eigenvalue weighted by atomic mass is 9.91. The predicted octanol–water partition coefficient (Wildman–Crippen LogP) is 4.42. The highest BCUT2D eigenvalue weighted by Crippen LogP contribution is 2.22. The number of unbranched alkanes of at least 4 members (excludes halogenated alkanes) is 1. The maximum absolute atomic E-state index is 10.9. The molecular formula is C23H49BF2N2O3. The number of halogens is 2. The van der Waals surface area contributed by atoms with Crippen LogP contribution in [0.15, 0.2) is 0 Å². The van der Waals surface area contributed by atoms with Crippen LogP contribution in [0.5, 0.6) is 0 Å². The van der Waals surface area contributed by atoms with Crippen molar-refractivity contribution < 1.29 is 23.3 Å². The lowest BCUT2D eigenvalue weighted by molar-refractivity contribution is -0.140. The summed E-state index contributed by atoms with van der Waals surface area (Å²) in [5.41, 5.74) is 0. The number of esters is 1. The van der Waals surface area contributed by atoms with Crippen LogP contribution in [0.3, 0.4) is 0 Å². The average Bonchev–Trinajstić information content (AvgIpc) is 2.84. The normalized spacial score (nSPS) is 17.3. The highest BCUT2D eigenvalue weighted by molar-refractivity contribution is 5.96. The third-order valence-electron chi connectivity index (χ3n) is 5.68. The van der Waals surface area contributed by atoms with Crippen LogP contribution in [0.4, 0.5) is 8.71 Å². The van der Waals surface area contributed by atoms with Crippen LogP contribution in [-0.2, 0) is 9.53 Å². The van der Waals surface area contributed by atoms with Crippen LogP contribution >= 0.6 is 0 Å². The van der Waals surface area contributed by atoms with E-state index in [-0.39, 0.29) is 5.97 Å². The van der Waals surface area contributed by atoms with Crippen molar-refractivity contribution in [3.8, 4) is 0 Å². The summed E-state index contributed by atoms with van der Waals surface area (Å²) in [7, 11) is 9.31. The molecule has 2 saturated heterocycles. The predicted molar refractivity (Wildman–Crippen MR) is 128 cm³/mol. The van der Waals surface area contributed by atoms with Gasteiger partial charge in [0.05, 0.1) is 14.3 Å². The first-order valence-electron chi connectivity index (χ1n) is 11.7. The van der Waals surface area contributed by atoms with Crippen LogP contribution in [0.1, 0.15) is 71.6 Å². The number of carbonyl (C=O) groups is 1. The van der Waals surface area contributed by atoms with Crippen molar-refractivity contribution in [2.75, 3.05) is 61.2 Å². The molecule has 0 unspecified atom stereocenters. The maximum atomic E-state index is 10.9. The molecule has 0 spiro atoms. The Kier molecular flexibility index (Phi) is 30.7. The third-order valence-corrected chi connectivity index (χ3v) is 5.68. The molecule has 5 nitrogen and oxygen atoms in total. The third kappa shape index (κ3) is 22.3. The number of methoxy groups -OCH3 is 1. The molecule has 8 heteroatoms. The first-order valence-corrected chi connectivity index (χ1v) is 11.7. The number of hydrogen-bond acceptors (Lipinski definition) is 5. The molecule has 0 saturated carbocycles. The molecular weight excluding hydrogens is 401 g/mol. The van der Waals surface area contributed by atoms with Crippen molar-refractivity contribution in [2.24, 2.45) is 11.8 Å². The molecule has 186 valence electrons. The largest absolute Gasteiger partial charge is 0.469 e. The summed E-state index contributed by atoms with van der Waals surface area (Å²) >= 11 is 0. The fourth-order valence-corrected chi connectivity index (χ4v) is 3.69. The van der Waals surface area contributed by atoms with Crippen LogP contribution in [-0.4, -0.2) is 90.2 Å². The van der Waals surface area contributed by atoms with Gasteiger partial charge in [-0.3, -0.25) is 9.18 Å². The number of likely N-dealkylation sites (tertiary alicyclic amines) is 2. The number of aliphatic hydroxyl groups is 1. The first-order chi connectivity index (χ1) is 15.0. The Balaban J connectivity index is -0.000000425. The number of piperidine rings is 2. The van der Waals surface area contributed by atoms with Crippen molar-refractivity contribution in [2.45, 2.75) is 71.6 Å². The summed E-state index contributed by atoms with van der Waals surface area (Å²) in [5, 5.41) is 8.67. The lowest BCUT2D eigenvalue weighted by Crippen LogP contribution is -2.30. The molecule has 31 heavy (non-hydrogen) atoms. The van der Waals surface area contributed by atoms with E-state index in [0.717, 1.165) is 24.7 Å². The van der Waals surface area contributed by atoms with Crippen LogP contribution in [0.2, 0.25) is 0 Å². The van der Waals surface area contributed by atoms with E-state index < -0.39 is 0 Å². The number of alkyl halides is 1. The molecule has 2 fully saturated rings. The topological polar surface area (TPSA) is 53.0 Å². The lowest BCUT2D eigenvalue weighted by Gasteiger charge is -2.28. The van der Waals surface area contributed by atoms with Crippen molar-refractivity contribution in [3.05, 3.63) is 0 Å². The molecule has 0 amide bonds. The van der Waals surface area contributed by atoms with Gasteiger partial charge in [0, 0.05) is 13.0 Å². The fraction of sp³-hybridized carbons (Fsp3) is 0.957. The van der Waals surface area contributed by atoms with Crippen molar-refractivity contribution >= 4 is 14.1 Å². The van der Waals surface area contributed by atoms with Crippen LogP contribution in [0, 0.1) is 11.8 Å². The summed E-state index contributed by atoms with van der Waals surface area (Å²) in [6, 6.07) is 0. The number of aliphatic hydroxyl groups excluding tert-OH is 1. The molecule has 0 atom stereocenters. The zero-order chi connectivity index (χ0) is 24.5. The van der Waals surface area contributed by atoms with Crippen molar-refractivity contribution in [3.63, 3.8) is 0 Å². The molecule has 0 aromatic carbocycles. The zero-order valence-electron chi connectivity index (χ0n) is 21.0. The van der Waals surface area contributed by atoms with Crippen LogP contribution in [0.25, 0.3) is 0 Å². The van der Waals surface area contributed by atoms with Crippen molar-refractivity contribution in [1.82, 2.24) is 9.80 Å². The first kappa shape index (κ1) is 34.9. The van der Waals surface area contributed by atoms with E-state index in [9.17, 15) is 9.18 Å². The number of hydrogen-bond donors (Lipinski definition) is 1. The molecule has 2 aliphatic heterocycles. The molecule has 0 aromatic rings. The SMILES string of the molecule is CC.CF.CN1CCC(CCO)CC1.COC(=O)CCCCC1CCN(C)CC1.[B]F. The van der Waals surface area contributed by atoms with Gasteiger partial charge in [0.15, 0.2) is 0 Å². The molecule has 0 aliphatic carbocycles. The summed E-state index contributed by atoms with van der Waals surface area (Å²) in [5.74, 6) is 1.61. The van der Waals surface area contributed by atoms with Gasteiger partial charge in [0.2, 0.25) is 0 Å². The number of ether oxygens (including phenoxy) is 1. The Morgan fingerprint density at radius 3 is 1.65 bits per heavy atom. The van der Waals surface area contributed by atoms with Gasteiger partial charge in [-0.1, -0.05) is 26.7 Å². The quantitative estimate of drug-likeness (QED) is 0.354. The summed E-state index contributed by atoms with van der Waals surface area (Å²) in [4.78, 5) is 15.6. The molecule has 0 bridgehead atoms. The number of carbonyl (C=O) groups excluding carboxylic acids is 1. The number of nitrogens with zero attached hydrogens (tertiary/aromatic N) is 2. The minimum absolute atomic E-state index is 0.0709. The standard InChI is InChI=1S/C12H23NO2.C8H17NO.C2H6.CH3F.BF/c1-13-9-7-11(8-10-13)5-3-4-6-12(14)15-2;1-9-5-2-8(3-6-9)4-7-10;3*1-2/h11H,3-10H2,1-2H3;8,10H,2-7H2,1H3;1-2H3;1H3;. The number of rotatable bonds is 7. The van der Waals surface area contributed by atoms with E-state index in [2.05, 4.69) is 36.8 Å². The van der Waals surface area contributed by atoms with E-state index in [1.165, 1.54) is 71.8 Å². The van der Waals surface area contributed by atoms with Gasteiger partial charge >= 0.3 is 14.1 Å². The van der Waals surface area contributed by atoms with Gasteiger partial charge in [-0.25, -0.2) is 0 Å². The van der Waals surface area contributed by atoms with E-state index in [4.69, 9.17) is 9.42 Å². The van der Waals surface area contributed by atoms with E-state index in [1.807, 2.05) is 13.8 Å². The monoisotopic (exact) mass is 450 g/mol. The Hall–Kier alpha value is -0.725. The molecule has 2 rings (SSSR count). The molecule has 2 aliphatic rings. The summed E-state index contributed by atoms with van der Waals surface area (Å²) in [6.07, 6.45) is 10.2. The van der Waals surface area contributed by atoms with E-state index in [1.54, 1.807) is 0 Å². The van der Waals surface area contributed by atoms with Gasteiger partial charge in [-0.2, -0.15) is 0 Å². The molecule has 0 aromatic heterocycles. The van der Waals surface area contributed by atoms with Gasteiger partial charge in [0.25, 0.3) is 0 Å². The smallest absolute Gasteiger partial charge is 0.350 e. The molecule has 1 N–H and O–H groups in total. The highest BCUT2D eigenvalue weighted by atomic mass is 19.1. The maximum Gasteiger partial charge on any atom is 0.350 e. The second-order valence-electron chi connectivity index (χ2n) is 7.83. The summed E-state index contributed by atoms with van der Waals surface area (Å²) < 4.78 is 23.1. The Bertz CT molecular complexity index is 354. The van der Waals surface area contributed by atoms with E-state index in [0.29, 0.717) is 20.2 Å². The Morgan fingerprint density at radius 1 is 0.903 bits per heavy atom. The highest BCUT2D eigenvalue weighted by Gasteiger charge is 2.16. The van der Waals surface area contributed by atoms with Crippen LogP contribution < -0.4 is 0 Å². The second-order valence-corrected chi connectivity index (χ2v) is 7.83. The molecule has 2 heterocycles. The summed E-state index contributed by atoms with van der Waals surface area (Å²) in [6.45, 7) is 9.27. The Morgan fingerprint density at radius 2 is 1.29 bits per heavy atom. The fourth-order valence-electron chi connectivity index (χ4n) is 3.69. The van der Waals surface area contributed by atoms with Gasteiger partial charge in [-0.05, 0) is 90.6 Å². The van der Waals surface area contributed by atoms with Gasteiger partial charge in [-0.15, -0.1) is 0 Å². The van der Waals surface area contributed by atoms with Crippen molar-refractivity contribution in [1.29, 1.82) is 0 Å². The average molecular weight is 450 g/mol. The van der Waals surface area contributed by atoms with Gasteiger partial charge in [0.1, 0.15) is 0 Å². The minimum atomic E-state index is -0.0709. The second kappa shape index (κ2) is 27.3. The Labute approximate surface area is 192 Å². The van der Waals surface area contributed by atoms with E-state index >= 15 is 0 Å². The zero-order valence-corrected chi connectivity index (χ0v) is 21.0. The molecule has 2 radical (unpaired) electrons.